The lowest BCUT2D eigenvalue weighted by molar-refractivity contribution is -0.193. The average molecular weight is 242 g/mol. The van der Waals surface area contributed by atoms with Crippen LogP contribution in [0, 0.1) is 5.92 Å². The van der Waals surface area contributed by atoms with E-state index in [1.165, 1.54) is 12.8 Å². The Bertz CT molecular complexity index is 257. The van der Waals surface area contributed by atoms with E-state index in [2.05, 4.69) is 6.92 Å². The third-order valence-electron chi connectivity index (χ3n) is 3.50. The Labute approximate surface area is 105 Å². The van der Waals surface area contributed by atoms with Crippen molar-refractivity contribution in [2.45, 2.75) is 77.4 Å². The van der Waals surface area contributed by atoms with E-state index in [-0.39, 0.29) is 0 Å². The van der Waals surface area contributed by atoms with Crippen LogP contribution in [0.25, 0.3) is 0 Å². The van der Waals surface area contributed by atoms with E-state index < -0.39 is 17.2 Å². The molecule has 0 aromatic heterocycles. The Morgan fingerprint density at radius 3 is 2.24 bits per heavy atom. The second-order valence-electron chi connectivity index (χ2n) is 6.25. The fraction of sp³-hybridized carbons (Fsp3) is 0.929. The first kappa shape index (κ1) is 14.5. The van der Waals surface area contributed by atoms with Gasteiger partial charge in [0.1, 0.15) is 0 Å². The van der Waals surface area contributed by atoms with Crippen molar-refractivity contribution in [3.8, 4) is 0 Å². The standard InChI is InChI=1S/C14H26O3/c1-5-6-11-7-9-14(10-8-11,12(15)16)17-13(2,3)4/h11H,5-10H2,1-4H3,(H,15,16). The Morgan fingerprint density at radius 2 is 1.88 bits per heavy atom. The summed E-state index contributed by atoms with van der Waals surface area (Å²) in [6.07, 6.45) is 5.68. The fourth-order valence-corrected chi connectivity index (χ4v) is 2.79. The van der Waals surface area contributed by atoms with Gasteiger partial charge in [-0.05, 0) is 52.4 Å². The van der Waals surface area contributed by atoms with Gasteiger partial charge in [-0.1, -0.05) is 19.8 Å². The van der Waals surface area contributed by atoms with Crippen LogP contribution in [-0.2, 0) is 9.53 Å². The molecule has 1 saturated carbocycles. The van der Waals surface area contributed by atoms with Crippen molar-refractivity contribution in [1.29, 1.82) is 0 Å². The van der Waals surface area contributed by atoms with Crippen molar-refractivity contribution in [2.75, 3.05) is 0 Å². The molecule has 0 spiro atoms. The number of carbonyl (C=O) groups is 1. The summed E-state index contributed by atoms with van der Waals surface area (Å²) < 4.78 is 5.85. The molecule has 100 valence electrons. The van der Waals surface area contributed by atoms with Crippen LogP contribution in [0.4, 0.5) is 0 Å². The number of ether oxygens (including phenoxy) is 1. The molecule has 0 unspecified atom stereocenters. The van der Waals surface area contributed by atoms with E-state index in [0.717, 1.165) is 12.8 Å². The van der Waals surface area contributed by atoms with Gasteiger partial charge in [-0.2, -0.15) is 0 Å². The first-order valence-corrected chi connectivity index (χ1v) is 6.72. The van der Waals surface area contributed by atoms with Gasteiger partial charge < -0.3 is 9.84 Å². The van der Waals surface area contributed by atoms with Gasteiger partial charge in [0, 0.05) is 0 Å². The molecule has 1 fully saturated rings. The Morgan fingerprint density at radius 1 is 1.35 bits per heavy atom. The van der Waals surface area contributed by atoms with Crippen molar-refractivity contribution in [3.05, 3.63) is 0 Å². The lowest BCUT2D eigenvalue weighted by Gasteiger charge is -2.41. The van der Waals surface area contributed by atoms with Crippen LogP contribution in [0.3, 0.4) is 0 Å². The molecule has 0 aromatic rings. The van der Waals surface area contributed by atoms with Gasteiger partial charge in [0.25, 0.3) is 0 Å². The minimum Gasteiger partial charge on any atom is -0.479 e. The van der Waals surface area contributed by atoms with E-state index in [9.17, 15) is 9.90 Å². The molecule has 1 rings (SSSR count). The van der Waals surface area contributed by atoms with Gasteiger partial charge in [0.05, 0.1) is 5.60 Å². The van der Waals surface area contributed by atoms with Gasteiger partial charge in [-0.3, -0.25) is 0 Å². The van der Waals surface area contributed by atoms with Crippen LogP contribution in [0.15, 0.2) is 0 Å². The average Bonchev–Trinajstić information content (AvgIpc) is 2.19. The van der Waals surface area contributed by atoms with Crippen LogP contribution in [0.5, 0.6) is 0 Å². The van der Waals surface area contributed by atoms with E-state index in [0.29, 0.717) is 18.8 Å². The summed E-state index contributed by atoms with van der Waals surface area (Å²) in [5, 5.41) is 9.44. The van der Waals surface area contributed by atoms with Crippen LogP contribution in [0.2, 0.25) is 0 Å². The van der Waals surface area contributed by atoms with Crippen molar-refractivity contribution >= 4 is 5.97 Å². The maximum atomic E-state index is 11.5. The summed E-state index contributed by atoms with van der Waals surface area (Å²) in [7, 11) is 0. The van der Waals surface area contributed by atoms with E-state index >= 15 is 0 Å². The molecule has 0 saturated heterocycles. The molecule has 3 heteroatoms. The van der Waals surface area contributed by atoms with Crippen molar-refractivity contribution in [2.24, 2.45) is 5.92 Å². The fourth-order valence-electron chi connectivity index (χ4n) is 2.79. The van der Waals surface area contributed by atoms with E-state index in [1.807, 2.05) is 20.8 Å². The summed E-state index contributed by atoms with van der Waals surface area (Å²) in [5.74, 6) is -0.0987. The van der Waals surface area contributed by atoms with Crippen LogP contribution < -0.4 is 0 Å². The van der Waals surface area contributed by atoms with Gasteiger partial charge in [-0.25, -0.2) is 4.79 Å². The van der Waals surface area contributed by atoms with E-state index in [1.54, 1.807) is 0 Å². The second-order valence-corrected chi connectivity index (χ2v) is 6.25. The number of carboxylic acid groups (broad SMARTS) is 1. The van der Waals surface area contributed by atoms with Crippen molar-refractivity contribution in [3.63, 3.8) is 0 Å². The second kappa shape index (κ2) is 5.38. The first-order valence-electron chi connectivity index (χ1n) is 6.72. The summed E-state index contributed by atoms with van der Waals surface area (Å²) in [4.78, 5) is 11.5. The van der Waals surface area contributed by atoms with Crippen molar-refractivity contribution < 1.29 is 14.6 Å². The number of hydrogen-bond donors (Lipinski definition) is 1. The van der Waals surface area contributed by atoms with Gasteiger partial charge >= 0.3 is 5.97 Å². The summed E-state index contributed by atoms with van der Waals surface area (Å²) in [6.45, 7) is 7.96. The molecule has 0 aromatic carbocycles. The number of rotatable bonds is 4. The zero-order valence-corrected chi connectivity index (χ0v) is 11.6. The predicted octanol–water partition coefficient (Wildman–Crippen LogP) is 3.62. The molecule has 1 N–H and O–H groups in total. The minimum atomic E-state index is -0.942. The molecule has 1 aliphatic rings. The Kier molecular flexibility index (Phi) is 4.59. The van der Waals surface area contributed by atoms with Gasteiger partial charge in [0.15, 0.2) is 5.60 Å². The Hall–Kier alpha value is -0.570. The first-order chi connectivity index (χ1) is 7.79. The minimum absolute atomic E-state index is 0.393. The molecular formula is C14H26O3. The zero-order chi connectivity index (χ0) is 13.1. The molecule has 0 atom stereocenters. The van der Waals surface area contributed by atoms with Gasteiger partial charge in [0.2, 0.25) is 0 Å². The lowest BCUT2D eigenvalue weighted by Crippen LogP contribution is -2.49. The maximum Gasteiger partial charge on any atom is 0.335 e. The third-order valence-corrected chi connectivity index (χ3v) is 3.50. The van der Waals surface area contributed by atoms with Crippen LogP contribution >= 0.6 is 0 Å². The monoisotopic (exact) mass is 242 g/mol. The normalized spacial score (nSPS) is 30.2. The highest BCUT2D eigenvalue weighted by atomic mass is 16.5. The summed E-state index contributed by atoms with van der Waals surface area (Å²) in [6, 6.07) is 0. The molecule has 3 nitrogen and oxygen atoms in total. The third kappa shape index (κ3) is 3.98. The topological polar surface area (TPSA) is 46.5 Å². The van der Waals surface area contributed by atoms with Crippen LogP contribution in [0.1, 0.15) is 66.2 Å². The number of carboxylic acids is 1. The maximum absolute atomic E-state index is 11.5. The molecule has 1 aliphatic carbocycles. The molecule has 0 aliphatic heterocycles. The summed E-state index contributed by atoms with van der Waals surface area (Å²) >= 11 is 0. The smallest absolute Gasteiger partial charge is 0.335 e. The lowest BCUT2D eigenvalue weighted by atomic mass is 9.76. The SMILES string of the molecule is CCCC1CCC(OC(C)(C)C)(C(=O)O)CC1. The highest BCUT2D eigenvalue weighted by Crippen LogP contribution is 2.39. The molecule has 0 amide bonds. The zero-order valence-electron chi connectivity index (χ0n) is 11.6. The molecule has 0 heterocycles. The molecule has 0 radical (unpaired) electrons. The Balaban J connectivity index is 2.67. The van der Waals surface area contributed by atoms with Crippen molar-refractivity contribution in [1.82, 2.24) is 0 Å². The predicted molar refractivity (Wildman–Crippen MR) is 68.1 cm³/mol. The van der Waals surface area contributed by atoms with Crippen LogP contribution in [-0.4, -0.2) is 22.3 Å². The molecule has 17 heavy (non-hydrogen) atoms. The quantitative estimate of drug-likeness (QED) is 0.819. The number of aliphatic carboxylic acids is 1. The highest BCUT2D eigenvalue weighted by Gasteiger charge is 2.45. The number of hydrogen-bond acceptors (Lipinski definition) is 2. The highest BCUT2D eigenvalue weighted by molar-refractivity contribution is 5.77. The molecule has 0 bridgehead atoms. The largest absolute Gasteiger partial charge is 0.479 e. The summed E-state index contributed by atoms with van der Waals surface area (Å²) in [5.41, 5.74) is -1.33. The van der Waals surface area contributed by atoms with E-state index in [4.69, 9.17) is 4.74 Å². The molecular weight excluding hydrogens is 216 g/mol. The van der Waals surface area contributed by atoms with Gasteiger partial charge in [-0.15, -0.1) is 0 Å².